The summed E-state index contributed by atoms with van der Waals surface area (Å²) in [4.78, 5) is 30.2. The minimum atomic E-state index is -2.86. The number of carboxylic acid groups (broad SMARTS) is 3. The summed E-state index contributed by atoms with van der Waals surface area (Å²) >= 11 is 0. The topological polar surface area (TPSA) is 138 Å². The van der Waals surface area contributed by atoms with Gasteiger partial charge in [-0.2, -0.15) is 0 Å². The minimum absolute atomic E-state index is 1.28. The molecule has 0 amide bonds. The second-order valence-corrected chi connectivity index (χ2v) is 7.65. The first-order valence-corrected chi connectivity index (χ1v) is 11.3. The van der Waals surface area contributed by atoms with Gasteiger partial charge in [0.15, 0.2) is 5.60 Å². The summed E-state index contributed by atoms with van der Waals surface area (Å²) in [7, 11) is 0. The van der Waals surface area contributed by atoms with Gasteiger partial charge in [0.05, 0.1) is 52.4 Å². The quantitative estimate of drug-likeness (QED) is 0.372. The maximum atomic E-state index is 10.3. The van der Waals surface area contributed by atoms with Gasteiger partial charge in [-0.15, -0.1) is 0 Å². The number of aliphatic carboxylic acids is 3. The molecule has 0 aromatic carbocycles. The van der Waals surface area contributed by atoms with Crippen LogP contribution in [0.25, 0.3) is 0 Å². The fourth-order valence-corrected chi connectivity index (χ4v) is 3.37. The number of hydrogen-bond donors (Lipinski definition) is 2. The van der Waals surface area contributed by atoms with Gasteiger partial charge in [-0.1, -0.05) is 0 Å². The molecule has 0 bridgehead atoms. The molecule has 0 aliphatic carbocycles. The molecule has 31 heavy (non-hydrogen) atoms. The summed E-state index contributed by atoms with van der Waals surface area (Å²) in [6, 6.07) is 0. The van der Waals surface area contributed by atoms with E-state index >= 15 is 0 Å². The smallest absolute Gasteiger partial charge is 0.336 e. The normalized spacial score (nSPS) is 11.5. The Balaban J connectivity index is -0.000000390. The molecule has 0 saturated carbocycles. The van der Waals surface area contributed by atoms with Crippen LogP contribution < -0.4 is 10.2 Å². The Morgan fingerprint density at radius 3 is 0.871 bits per heavy atom. The second kappa shape index (κ2) is 16.9. The van der Waals surface area contributed by atoms with E-state index in [2.05, 4.69) is 55.4 Å². The van der Waals surface area contributed by atoms with Crippen molar-refractivity contribution >= 4 is 17.9 Å². The highest BCUT2D eigenvalue weighted by Crippen LogP contribution is 2.14. The van der Waals surface area contributed by atoms with Crippen LogP contribution >= 0.6 is 0 Å². The Kier molecular flexibility index (Phi) is 18.5. The SMILES string of the molecule is CC[N+](CC)(CC)CC.CC[N+](CC)(CC)CC.O=C([O-])CC(O)(CC(=O)[O-])C(=O)O. The molecule has 0 heterocycles. The Morgan fingerprint density at radius 2 is 0.806 bits per heavy atom. The van der Waals surface area contributed by atoms with E-state index in [4.69, 9.17) is 10.2 Å². The summed E-state index contributed by atoms with van der Waals surface area (Å²) in [5.41, 5.74) is -2.86. The zero-order valence-electron chi connectivity index (χ0n) is 20.9. The van der Waals surface area contributed by atoms with Crippen molar-refractivity contribution in [2.45, 2.75) is 73.8 Å². The van der Waals surface area contributed by atoms with Gasteiger partial charge in [0.25, 0.3) is 0 Å². The average Bonchev–Trinajstić information content (AvgIpc) is 2.72. The maximum Gasteiger partial charge on any atom is 0.336 e. The van der Waals surface area contributed by atoms with Gasteiger partial charge >= 0.3 is 5.97 Å². The lowest BCUT2D eigenvalue weighted by molar-refractivity contribution is -0.921. The zero-order chi connectivity index (χ0) is 25.3. The molecule has 0 atom stereocenters. The predicted molar refractivity (Wildman–Crippen MR) is 117 cm³/mol. The van der Waals surface area contributed by atoms with Gasteiger partial charge in [-0.05, 0) is 55.4 Å². The van der Waals surface area contributed by atoms with Crippen LogP contribution in [0.2, 0.25) is 0 Å². The van der Waals surface area contributed by atoms with E-state index < -0.39 is 36.4 Å². The third-order valence-corrected chi connectivity index (χ3v) is 6.64. The molecule has 0 aromatic heterocycles. The number of quaternary nitrogens is 2. The Hall–Kier alpha value is -1.71. The highest BCUT2D eigenvalue weighted by molar-refractivity contribution is 5.87. The average molecular weight is 451 g/mol. The van der Waals surface area contributed by atoms with Crippen molar-refractivity contribution in [3.63, 3.8) is 0 Å². The second-order valence-electron chi connectivity index (χ2n) is 7.65. The van der Waals surface area contributed by atoms with Crippen LogP contribution in [0.15, 0.2) is 0 Å². The minimum Gasteiger partial charge on any atom is -0.550 e. The molecule has 0 aliphatic heterocycles. The highest BCUT2D eigenvalue weighted by atomic mass is 16.4. The van der Waals surface area contributed by atoms with E-state index in [0.717, 1.165) is 0 Å². The van der Waals surface area contributed by atoms with Gasteiger partial charge in [0, 0.05) is 24.8 Å². The number of rotatable bonds is 13. The lowest BCUT2D eigenvalue weighted by atomic mass is 9.96. The molecular weight excluding hydrogens is 404 g/mol. The first kappa shape index (κ1) is 33.9. The molecule has 0 aliphatic rings. The number of aliphatic hydroxyl groups is 1. The Labute approximate surface area is 188 Å². The van der Waals surface area contributed by atoms with Crippen molar-refractivity contribution in [2.75, 3.05) is 52.4 Å². The van der Waals surface area contributed by atoms with Crippen LogP contribution in [0.1, 0.15) is 68.2 Å². The summed E-state index contributed by atoms with van der Waals surface area (Å²) in [6.07, 6.45) is -2.59. The molecule has 0 radical (unpaired) electrons. The number of nitrogens with zero attached hydrogens (tertiary/aromatic N) is 2. The van der Waals surface area contributed by atoms with Gasteiger partial charge in [-0.25, -0.2) is 4.79 Å². The third kappa shape index (κ3) is 13.3. The summed E-state index contributed by atoms with van der Waals surface area (Å²) in [6.45, 7) is 28.4. The van der Waals surface area contributed by atoms with Gasteiger partial charge in [0.1, 0.15) is 0 Å². The summed E-state index contributed by atoms with van der Waals surface area (Å²) in [5.74, 6) is -5.65. The van der Waals surface area contributed by atoms with E-state index in [-0.39, 0.29) is 0 Å². The van der Waals surface area contributed by atoms with E-state index in [9.17, 15) is 24.6 Å². The fraction of sp³-hybridized carbons (Fsp3) is 0.864. The molecule has 0 aromatic rings. The van der Waals surface area contributed by atoms with E-state index in [1.54, 1.807) is 0 Å². The van der Waals surface area contributed by atoms with Gasteiger partial charge in [0.2, 0.25) is 0 Å². The number of carboxylic acids is 3. The van der Waals surface area contributed by atoms with Crippen molar-refractivity contribution in [3.8, 4) is 0 Å². The molecule has 0 rings (SSSR count). The predicted octanol–water partition coefficient (Wildman–Crippen LogP) is -0.152. The van der Waals surface area contributed by atoms with E-state index in [1.165, 1.54) is 61.3 Å². The number of hydrogen-bond acceptors (Lipinski definition) is 6. The van der Waals surface area contributed by atoms with Crippen LogP contribution in [0.4, 0.5) is 0 Å². The number of carbonyl (C=O) groups excluding carboxylic acids is 2. The first-order valence-electron chi connectivity index (χ1n) is 11.3. The Morgan fingerprint density at radius 1 is 0.613 bits per heavy atom. The molecule has 9 heteroatoms. The van der Waals surface area contributed by atoms with Crippen molar-refractivity contribution in [1.29, 1.82) is 0 Å². The van der Waals surface area contributed by atoms with Crippen LogP contribution in [-0.4, -0.2) is 95.0 Å². The molecule has 9 nitrogen and oxygen atoms in total. The molecule has 0 fully saturated rings. The van der Waals surface area contributed by atoms with E-state index in [1.807, 2.05) is 0 Å². The first-order chi connectivity index (χ1) is 14.3. The molecule has 2 N–H and O–H groups in total. The summed E-state index contributed by atoms with van der Waals surface area (Å²) < 4.78 is 2.56. The standard InChI is InChI=1S/2C8H20N.C6H8O7/c2*1-5-9(6-2,7-3)8-4;7-3(8)1-6(13,5(11)12)2-4(9)10/h2*5-8H2,1-4H3;13H,1-2H2,(H,7,8)(H,9,10)(H,11,12)/q2*+1;/p-2. The fourth-order valence-electron chi connectivity index (χ4n) is 3.37. The van der Waals surface area contributed by atoms with Crippen LogP contribution in [0.3, 0.4) is 0 Å². The van der Waals surface area contributed by atoms with E-state index in [0.29, 0.717) is 0 Å². The lowest BCUT2D eigenvalue weighted by Gasteiger charge is -2.34. The number of carbonyl (C=O) groups is 3. The van der Waals surface area contributed by atoms with Crippen molar-refractivity contribution in [3.05, 3.63) is 0 Å². The largest absolute Gasteiger partial charge is 0.550 e. The maximum absolute atomic E-state index is 10.3. The van der Waals surface area contributed by atoms with Crippen LogP contribution in [0, 0.1) is 0 Å². The highest BCUT2D eigenvalue weighted by Gasteiger charge is 2.36. The zero-order valence-corrected chi connectivity index (χ0v) is 20.9. The van der Waals surface area contributed by atoms with Crippen LogP contribution in [-0.2, 0) is 14.4 Å². The van der Waals surface area contributed by atoms with Gasteiger partial charge < -0.3 is 39.0 Å². The summed E-state index contributed by atoms with van der Waals surface area (Å²) in [5, 5.41) is 37.2. The molecule has 186 valence electrons. The molecule has 0 saturated heterocycles. The van der Waals surface area contributed by atoms with Gasteiger partial charge in [-0.3, -0.25) is 0 Å². The van der Waals surface area contributed by atoms with Crippen LogP contribution in [0.5, 0.6) is 0 Å². The van der Waals surface area contributed by atoms with Crippen molar-refractivity contribution in [1.82, 2.24) is 0 Å². The van der Waals surface area contributed by atoms with Crippen molar-refractivity contribution < 1.29 is 43.8 Å². The third-order valence-electron chi connectivity index (χ3n) is 6.64. The molecular formula is C22H46N2O7. The molecule has 0 spiro atoms. The monoisotopic (exact) mass is 450 g/mol. The molecule has 0 unspecified atom stereocenters. The lowest BCUT2D eigenvalue weighted by Crippen LogP contribution is -2.48. The Bertz CT molecular complexity index is 445. The van der Waals surface area contributed by atoms with Crippen molar-refractivity contribution in [2.24, 2.45) is 0 Å².